The molecule has 142 valence electrons. The van der Waals surface area contributed by atoms with Crippen LogP contribution in [0.2, 0.25) is 0 Å². The van der Waals surface area contributed by atoms with Crippen LogP contribution in [0.4, 0.5) is 0 Å². The first-order valence-electron chi connectivity index (χ1n) is 8.79. The van der Waals surface area contributed by atoms with Crippen LogP contribution in [-0.2, 0) is 14.8 Å². The number of carbonyl (C=O) groups excluding carboxylic acids is 1. The Kier molecular flexibility index (Phi) is 5.67. The molecule has 6 nitrogen and oxygen atoms in total. The molecule has 1 aliphatic heterocycles. The van der Waals surface area contributed by atoms with Crippen molar-refractivity contribution >= 4 is 37.4 Å². The fourth-order valence-corrected chi connectivity index (χ4v) is 5.72. The quantitative estimate of drug-likeness (QED) is 0.785. The molecular weight excluding hydrogens is 372 g/mol. The molecule has 0 amide bonds. The van der Waals surface area contributed by atoms with Gasteiger partial charge in [-0.3, -0.25) is 0 Å². The molecule has 0 bridgehead atoms. The number of benzene rings is 1. The molecule has 1 unspecified atom stereocenters. The maximum Gasteiger partial charge on any atom is 0.348 e. The molecule has 1 aliphatic rings. The van der Waals surface area contributed by atoms with Crippen LogP contribution in [0.1, 0.15) is 36.4 Å². The molecule has 0 aliphatic carbocycles. The van der Waals surface area contributed by atoms with Gasteiger partial charge < -0.3 is 10.5 Å². The molecule has 2 aromatic rings. The normalized spacial score (nSPS) is 18.1. The smallest absolute Gasteiger partial charge is 0.348 e. The molecule has 1 aromatic carbocycles. The summed E-state index contributed by atoms with van der Waals surface area (Å²) in [5.41, 5.74) is 5.94. The predicted molar refractivity (Wildman–Crippen MR) is 103 cm³/mol. The molecule has 1 aromatic heterocycles. The van der Waals surface area contributed by atoms with Crippen LogP contribution in [-0.4, -0.2) is 44.4 Å². The number of hydrogen-bond donors (Lipinski definition) is 1. The maximum atomic E-state index is 13.0. The van der Waals surface area contributed by atoms with Crippen molar-refractivity contribution in [2.45, 2.75) is 37.6 Å². The maximum absolute atomic E-state index is 13.0. The van der Waals surface area contributed by atoms with E-state index in [0.29, 0.717) is 30.5 Å². The van der Waals surface area contributed by atoms with Gasteiger partial charge in [-0.1, -0.05) is 0 Å². The third-order valence-corrected chi connectivity index (χ3v) is 7.84. The Hall–Kier alpha value is -1.48. The summed E-state index contributed by atoms with van der Waals surface area (Å²) in [6.45, 7) is 5.02. The number of sulfonamides is 1. The summed E-state index contributed by atoms with van der Waals surface area (Å²) in [6.07, 6.45) is 1.56. The van der Waals surface area contributed by atoms with Gasteiger partial charge in [0.05, 0.1) is 11.5 Å². The molecule has 1 fully saturated rings. The lowest BCUT2D eigenvalue weighted by Gasteiger charge is -2.32. The fourth-order valence-electron chi connectivity index (χ4n) is 3.28. The number of esters is 1. The van der Waals surface area contributed by atoms with Crippen molar-refractivity contribution in [3.63, 3.8) is 0 Å². The zero-order valence-corrected chi connectivity index (χ0v) is 16.6. The Morgan fingerprint density at radius 3 is 2.65 bits per heavy atom. The molecule has 0 radical (unpaired) electrons. The topological polar surface area (TPSA) is 89.7 Å². The molecular formula is C18H24N2O4S2. The van der Waals surface area contributed by atoms with Crippen molar-refractivity contribution in [2.24, 2.45) is 11.7 Å². The molecule has 1 atom stereocenters. The monoisotopic (exact) mass is 396 g/mol. The standard InChI is InChI=1S/C18H24N2O4S2/c1-3-24-18(21)17-11-14-10-15(4-5-16(14)25-17)26(22,23)20-8-6-13(7-9-20)12(2)19/h4-5,10-13H,3,6-9,19H2,1-2H3. The summed E-state index contributed by atoms with van der Waals surface area (Å²) < 4.78 is 33.3. The van der Waals surface area contributed by atoms with Gasteiger partial charge in [0.2, 0.25) is 10.0 Å². The Morgan fingerprint density at radius 1 is 1.35 bits per heavy atom. The van der Waals surface area contributed by atoms with Crippen molar-refractivity contribution in [2.75, 3.05) is 19.7 Å². The zero-order valence-electron chi connectivity index (χ0n) is 15.0. The van der Waals surface area contributed by atoms with Crippen LogP contribution in [0.15, 0.2) is 29.2 Å². The Balaban J connectivity index is 1.84. The lowest BCUT2D eigenvalue weighted by atomic mass is 9.92. The second-order valence-corrected chi connectivity index (χ2v) is 9.65. The summed E-state index contributed by atoms with van der Waals surface area (Å²) in [4.78, 5) is 12.6. The minimum Gasteiger partial charge on any atom is -0.462 e. The summed E-state index contributed by atoms with van der Waals surface area (Å²) in [7, 11) is -3.54. The van der Waals surface area contributed by atoms with E-state index in [9.17, 15) is 13.2 Å². The molecule has 8 heteroatoms. The average molecular weight is 397 g/mol. The molecule has 0 spiro atoms. The average Bonchev–Trinajstić information content (AvgIpc) is 3.05. The van der Waals surface area contributed by atoms with Gasteiger partial charge >= 0.3 is 5.97 Å². The van der Waals surface area contributed by atoms with Gasteiger partial charge in [0, 0.05) is 23.8 Å². The van der Waals surface area contributed by atoms with Gasteiger partial charge in [-0.25, -0.2) is 13.2 Å². The summed E-state index contributed by atoms with van der Waals surface area (Å²) >= 11 is 1.31. The van der Waals surface area contributed by atoms with Crippen molar-refractivity contribution < 1.29 is 17.9 Å². The Bertz CT molecular complexity index is 897. The number of thiophene rings is 1. The third-order valence-electron chi connectivity index (χ3n) is 4.84. The third kappa shape index (κ3) is 3.78. The molecule has 2 heterocycles. The highest BCUT2D eigenvalue weighted by Gasteiger charge is 2.30. The summed E-state index contributed by atoms with van der Waals surface area (Å²) in [6, 6.07) is 6.79. The highest BCUT2D eigenvalue weighted by Crippen LogP contribution is 2.31. The number of piperidine rings is 1. The lowest BCUT2D eigenvalue weighted by molar-refractivity contribution is 0.0532. The number of rotatable bonds is 5. The van der Waals surface area contributed by atoms with Gasteiger partial charge in [-0.05, 0) is 62.3 Å². The van der Waals surface area contributed by atoms with E-state index in [2.05, 4.69) is 0 Å². The van der Waals surface area contributed by atoms with Crippen LogP contribution in [0.5, 0.6) is 0 Å². The van der Waals surface area contributed by atoms with E-state index in [-0.39, 0.29) is 16.9 Å². The molecule has 1 saturated heterocycles. The Labute approximate surface area is 158 Å². The lowest BCUT2D eigenvalue weighted by Crippen LogP contribution is -2.42. The number of hydrogen-bond acceptors (Lipinski definition) is 6. The van der Waals surface area contributed by atoms with Crippen molar-refractivity contribution in [1.29, 1.82) is 0 Å². The van der Waals surface area contributed by atoms with Crippen LogP contribution >= 0.6 is 11.3 Å². The number of carbonyl (C=O) groups is 1. The van der Waals surface area contributed by atoms with Gasteiger partial charge in [0.25, 0.3) is 0 Å². The largest absolute Gasteiger partial charge is 0.462 e. The number of nitrogens with zero attached hydrogens (tertiary/aromatic N) is 1. The van der Waals surface area contributed by atoms with E-state index >= 15 is 0 Å². The fraction of sp³-hybridized carbons (Fsp3) is 0.500. The van der Waals surface area contributed by atoms with Crippen LogP contribution in [0.25, 0.3) is 10.1 Å². The van der Waals surface area contributed by atoms with E-state index in [0.717, 1.165) is 22.9 Å². The van der Waals surface area contributed by atoms with E-state index in [1.165, 1.54) is 15.6 Å². The van der Waals surface area contributed by atoms with Crippen molar-refractivity contribution in [3.05, 3.63) is 29.1 Å². The van der Waals surface area contributed by atoms with Gasteiger partial charge in [-0.15, -0.1) is 11.3 Å². The summed E-state index contributed by atoms with van der Waals surface area (Å²) in [5.74, 6) is -0.0102. The number of fused-ring (bicyclic) bond motifs is 1. The molecule has 0 saturated carbocycles. The van der Waals surface area contributed by atoms with Crippen molar-refractivity contribution in [3.8, 4) is 0 Å². The molecule has 2 N–H and O–H groups in total. The van der Waals surface area contributed by atoms with Crippen LogP contribution in [0.3, 0.4) is 0 Å². The Morgan fingerprint density at radius 2 is 2.04 bits per heavy atom. The number of ether oxygens (including phenoxy) is 1. The molecule has 3 rings (SSSR count). The van der Waals surface area contributed by atoms with Gasteiger partial charge in [0.15, 0.2) is 0 Å². The zero-order chi connectivity index (χ0) is 18.9. The summed E-state index contributed by atoms with van der Waals surface area (Å²) in [5, 5.41) is 0.740. The van der Waals surface area contributed by atoms with Gasteiger partial charge in [-0.2, -0.15) is 4.31 Å². The van der Waals surface area contributed by atoms with E-state index in [4.69, 9.17) is 10.5 Å². The first-order valence-corrected chi connectivity index (χ1v) is 11.0. The highest BCUT2D eigenvalue weighted by atomic mass is 32.2. The first-order chi connectivity index (χ1) is 12.3. The van der Waals surface area contributed by atoms with Crippen molar-refractivity contribution in [1.82, 2.24) is 4.31 Å². The second kappa shape index (κ2) is 7.64. The van der Waals surface area contributed by atoms with E-state index in [1.807, 2.05) is 6.92 Å². The highest BCUT2D eigenvalue weighted by molar-refractivity contribution is 7.89. The van der Waals surface area contributed by atoms with E-state index in [1.54, 1.807) is 31.2 Å². The predicted octanol–water partition coefficient (Wildman–Crippen LogP) is 2.83. The van der Waals surface area contributed by atoms with Crippen LogP contribution < -0.4 is 5.73 Å². The minimum absolute atomic E-state index is 0.0864. The molecule has 26 heavy (non-hydrogen) atoms. The van der Waals surface area contributed by atoms with Crippen LogP contribution in [0, 0.1) is 5.92 Å². The van der Waals surface area contributed by atoms with Gasteiger partial charge in [0.1, 0.15) is 4.88 Å². The first kappa shape index (κ1) is 19.3. The SMILES string of the molecule is CCOC(=O)c1cc2cc(S(=O)(=O)N3CCC(C(C)N)CC3)ccc2s1. The minimum atomic E-state index is -3.54. The van der Waals surface area contributed by atoms with E-state index < -0.39 is 10.0 Å². The number of nitrogens with two attached hydrogens (primary N) is 1. The second-order valence-electron chi connectivity index (χ2n) is 6.63.